The molecule has 3 rings (SSSR count). The Bertz CT molecular complexity index is 1520. The first-order valence-corrected chi connectivity index (χ1v) is 15.4. The van der Waals surface area contributed by atoms with Crippen LogP contribution in [0, 0.1) is 13.8 Å². The van der Waals surface area contributed by atoms with Gasteiger partial charge in [-0.3, -0.25) is 13.9 Å². The van der Waals surface area contributed by atoms with Gasteiger partial charge in [-0.15, -0.1) is 0 Å². The number of hydrogen-bond acceptors (Lipinski definition) is 7. The average Bonchev–Trinajstić information content (AvgIpc) is 2.99. The number of aryl methyl sites for hydroxylation is 2. The topological polar surface area (TPSA) is 114 Å². The molecular weight excluding hydrogens is 570 g/mol. The molecule has 0 fully saturated rings. The zero-order valence-corrected chi connectivity index (χ0v) is 26.7. The van der Waals surface area contributed by atoms with Crippen molar-refractivity contribution < 1.29 is 32.2 Å². The standard InChI is InChI=1S/C32H41N3O7S/c1-8-14-33-32(37)24(4)34(20-25-10-9-11-27(18-25)40-5)31(36)21-35(26-16-22(2)15-23(3)17-26)43(38,39)28-12-13-29(41-6)30(19-28)42-7/h9-13,15-19,24H,8,14,20-21H2,1-7H3,(H,33,37)/t24-/m0/s1. The number of benzene rings is 3. The van der Waals surface area contributed by atoms with Crippen molar-refractivity contribution in [2.45, 2.75) is 51.6 Å². The van der Waals surface area contributed by atoms with Crippen LogP contribution in [0.5, 0.6) is 17.2 Å². The number of ether oxygens (including phenoxy) is 3. The number of sulfonamides is 1. The number of anilines is 1. The number of hydrogen-bond donors (Lipinski definition) is 1. The fourth-order valence-corrected chi connectivity index (χ4v) is 6.09. The predicted octanol–water partition coefficient (Wildman–Crippen LogP) is 4.47. The summed E-state index contributed by atoms with van der Waals surface area (Å²) >= 11 is 0. The summed E-state index contributed by atoms with van der Waals surface area (Å²) in [7, 11) is 0.135. The van der Waals surface area contributed by atoms with E-state index in [1.165, 1.54) is 37.3 Å². The van der Waals surface area contributed by atoms with Crippen LogP contribution in [0.1, 0.15) is 37.0 Å². The van der Waals surface area contributed by atoms with E-state index in [9.17, 15) is 18.0 Å². The molecule has 0 aromatic heterocycles. The van der Waals surface area contributed by atoms with Crippen molar-refractivity contribution in [3.05, 3.63) is 77.4 Å². The maximum Gasteiger partial charge on any atom is 0.264 e. The zero-order chi connectivity index (χ0) is 31.7. The molecule has 3 aromatic rings. The molecule has 3 aromatic carbocycles. The van der Waals surface area contributed by atoms with Gasteiger partial charge in [-0.25, -0.2) is 8.42 Å². The molecular formula is C32H41N3O7S. The van der Waals surface area contributed by atoms with Crippen LogP contribution >= 0.6 is 0 Å². The maximum absolute atomic E-state index is 14.2. The van der Waals surface area contributed by atoms with Crippen LogP contribution in [0.4, 0.5) is 5.69 Å². The molecule has 11 heteroatoms. The quantitative estimate of drug-likeness (QED) is 0.286. The molecule has 0 spiro atoms. The van der Waals surface area contributed by atoms with Gasteiger partial charge in [0.25, 0.3) is 10.0 Å². The number of rotatable bonds is 14. The highest BCUT2D eigenvalue weighted by Gasteiger charge is 2.33. The third kappa shape index (κ3) is 8.19. The molecule has 0 heterocycles. The third-order valence-electron chi connectivity index (χ3n) is 6.92. The number of nitrogens with zero attached hydrogens (tertiary/aromatic N) is 2. The monoisotopic (exact) mass is 611 g/mol. The highest BCUT2D eigenvalue weighted by molar-refractivity contribution is 7.92. The fourth-order valence-electron chi connectivity index (χ4n) is 4.67. The van der Waals surface area contributed by atoms with Crippen LogP contribution in [0.15, 0.2) is 65.6 Å². The molecule has 0 saturated heterocycles. The summed E-state index contributed by atoms with van der Waals surface area (Å²) in [5.74, 6) is 0.313. The Kier molecular flexibility index (Phi) is 11.4. The van der Waals surface area contributed by atoms with E-state index in [0.29, 0.717) is 23.7 Å². The molecule has 0 unspecified atom stereocenters. The summed E-state index contributed by atoms with van der Waals surface area (Å²) in [6.07, 6.45) is 0.729. The van der Waals surface area contributed by atoms with Crippen LogP contribution in [0.2, 0.25) is 0 Å². The van der Waals surface area contributed by atoms with Crippen LogP contribution < -0.4 is 23.8 Å². The first-order chi connectivity index (χ1) is 20.4. The molecule has 10 nitrogen and oxygen atoms in total. The minimum absolute atomic E-state index is 0.0633. The summed E-state index contributed by atoms with van der Waals surface area (Å²) in [5.41, 5.74) is 2.71. The maximum atomic E-state index is 14.2. The van der Waals surface area contributed by atoms with E-state index in [1.54, 1.807) is 44.4 Å². The Balaban J connectivity index is 2.10. The lowest BCUT2D eigenvalue weighted by Crippen LogP contribution is -2.51. The molecule has 0 aliphatic carbocycles. The van der Waals surface area contributed by atoms with Crippen LogP contribution in [0.3, 0.4) is 0 Å². The van der Waals surface area contributed by atoms with Gasteiger partial charge in [-0.05, 0) is 80.3 Å². The van der Waals surface area contributed by atoms with Crippen molar-refractivity contribution in [3.8, 4) is 17.2 Å². The van der Waals surface area contributed by atoms with E-state index < -0.39 is 28.5 Å². The average molecular weight is 612 g/mol. The molecule has 43 heavy (non-hydrogen) atoms. The number of carbonyl (C=O) groups excluding carboxylic acids is 2. The van der Waals surface area contributed by atoms with Gasteiger partial charge in [0, 0.05) is 19.2 Å². The van der Waals surface area contributed by atoms with Crippen molar-refractivity contribution in [1.82, 2.24) is 10.2 Å². The first kappa shape index (κ1) is 33.3. The highest BCUT2D eigenvalue weighted by Crippen LogP contribution is 2.33. The number of amides is 2. The van der Waals surface area contributed by atoms with Gasteiger partial charge in [0.1, 0.15) is 18.3 Å². The summed E-state index contributed by atoms with van der Waals surface area (Å²) < 4.78 is 45.5. The Morgan fingerprint density at radius 1 is 0.884 bits per heavy atom. The van der Waals surface area contributed by atoms with Gasteiger partial charge in [0.2, 0.25) is 11.8 Å². The van der Waals surface area contributed by atoms with E-state index in [1.807, 2.05) is 32.9 Å². The smallest absolute Gasteiger partial charge is 0.264 e. The third-order valence-corrected chi connectivity index (χ3v) is 8.69. The number of nitrogens with one attached hydrogen (secondary N) is 1. The normalized spacial score (nSPS) is 11.8. The largest absolute Gasteiger partial charge is 0.497 e. The van der Waals surface area contributed by atoms with Gasteiger partial charge >= 0.3 is 0 Å². The molecule has 0 bridgehead atoms. The Morgan fingerprint density at radius 3 is 2.16 bits per heavy atom. The lowest BCUT2D eigenvalue weighted by Gasteiger charge is -2.32. The van der Waals surface area contributed by atoms with Gasteiger partial charge in [-0.1, -0.05) is 25.1 Å². The van der Waals surface area contributed by atoms with Gasteiger partial charge in [-0.2, -0.15) is 0 Å². The lowest BCUT2D eigenvalue weighted by molar-refractivity contribution is -0.139. The Labute approximate surface area is 254 Å². The molecule has 0 aliphatic heterocycles. The molecule has 0 saturated carbocycles. The van der Waals surface area contributed by atoms with E-state index in [4.69, 9.17) is 14.2 Å². The molecule has 0 radical (unpaired) electrons. The minimum Gasteiger partial charge on any atom is -0.497 e. The summed E-state index contributed by atoms with van der Waals surface area (Å²) in [6.45, 7) is 7.25. The van der Waals surface area contributed by atoms with Gasteiger partial charge in [0.15, 0.2) is 11.5 Å². The summed E-state index contributed by atoms with van der Waals surface area (Å²) in [4.78, 5) is 28.5. The molecule has 2 amide bonds. The van der Waals surface area contributed by atoms with E-state index in [0.717, 1.165) is 27.4 Å². The number of carbonyl (C=O) groups is 2. The second kappa shape index (κ2) is 14.8. The van der Waals surface area contributed by atoms with Crippen LogP contribution in [0.25, 0.3) is 0 Å². The van der Waals surface area contributed by atoms with Crippen LogP contribution in [-0.2, 0) is 26.2 Å². The summed E-state index contributed by atoms with van der Waals surface area (Å²) in [5, 5.41) is 2.84. The van der Waals surface area contributed by atoms with E-state index >= 15 is 0 Å². The van der Waals surface area contributed by atoms with Gasteiger partial charge in [0.05, 0.1) is 31.9 Å². The minimum atomic E-state index is -4.29. The molecule has 1 N–H and O–H groups in total. The molecule has 1 atom stereocenters. The zero-order valence-electron chi connectivity index (χ0n) is 25.8. The van der Waals surface area contributed by atoms with Crippen LogP contribution in [-0.4, -0.2) is 65.6 Å². The van der Waals surface area contributed by atoms with E-state index in [2.05, 4.69) is 5.32 Å². The SMILES string of the molecule is CCCNC(=O)[C@H](C)N(Cc1cccc(OC)c1)C(=O)CN(c1cc(C)cc(C)c1)S(=O)(=O)c1ccc(OC)c(OC)c1. The van der Waals surface area contributed by atoms with E-state index in [-0.39, 0.29) is 23.1 Å². The van der Waals surface area contributed by atoms with Crippen molar-refractivity contribution in [1.29, 1.82) is 0 Å². The Hall–Kier alpha value is -4.25. The fraction of sp³-hybridized carbons (Fsp3) is 0.375. The van der Waals surface area contributed by atoms with Crippen molar-refractivity contribution in [2.24, 2.45) is 0 Å². The first-order valence-electron chi connectivity index (χ1n) is 14.0. The predicted molar refractivity (Wildman–Crippen MR) is 166 cm³/mol. The lowest BCUT2D eigenvalue weighted by atomic mass is 10.1. The second-order valence-electron chi connectivity index (χ2n) is 10.2. The number of methoxy groups -OCH3 is 3. The molecule has 232 valence electrons. The van der Waals surface area contributed by atoms with Crippen molar-refractivity contribution in [2.75, 3.05) is 38.7 Å². The second-order valence-corrected chi connectivity index (χ2v) is 12.1. The molecule has 0 aliphatic rings. The van der Waals surface area contributed by atoms with Gasteiger partial charge < -0.3 is 24.4 Å². The Morgan fingerprint density at radius 2 is 1.56 bits per heavy atom. The summed E-state index contributed by atoms with van der Waals surface area (Å²) in [6, 6.07) is 15.9. The van der Waals surface area contributed by atoms with Crippen molar-refractivity contribution >= 4 is 27.5 Å². The highest BCUT2D eigenvalue weighted by atomic mass is 32.2. The van der Waals surface area contributed by atoms with Crippen molar-refractivity contribution in [3.63, 3.8) is 0 Å².